The minimum atomic E-state index is -0.619. The summed E-state index contributed by atoms with van der Waals surface area (Å²) >= 11 is 6.02. The van der Waals surface area contributed by atoms with E-state index < -0.39 is 6.04 Å². The molecule has 0 fully saturated rings. The van der Waals surface area contributed by atoms with E-state index in [2.05, 4.69) is 15.6 Å². The van der Waals surface area contributed by atoms with Crippen LogP contribution in [0.4, 0.5) is 5.69 Å². The Morgan fingerprint density at radius 1 is 1.25 bits per heavy atom. The Hall–Kier alpha value is -2.79. The number of carbonyl (C=O) groups is 1. The fourth-order valence-electron chi connectivity index (χ4n) is 2.33. The third kappa shape index (κ3) is 3.75. The lowest BCUT2D eigenvalue weighted by molar-refractivity contribution is -0.116. The third-order valence-corrected chi connectivity index (χ3v) is 3.76. The maximum absolute atomic E-state index is 12.4. The first-order valence-corrected chi connectivity index (χ1v) is 7.74. The van der Waals surface area contributed by atoms with Crippen LogP contribution in [0.3, 0.4) is 0 Å². The zero-order chi connectivity index (χ0) is 16.9. The van der Waals surface area contributed by atoms with Gasteiger partial charge in [0.25, 0.3) is 5.91 Å². The fourth-order valence-corrected chi connectivity index (χ4v) is 2.52. The molecule has 1 unspecified atom stereocenters. The van der Waals surface area contributed by atoms with Gasteiger partial charge in [-0.2, -0.15) is 0 Å². The molecule has 0 spiro atoms. The Kier molecular flexibility index (Phi) is 4.82. The third-order valence-electron chi connectivity index (χ3n) is 3.52. The van der Waals surface area contributed by atoms with Crippen LogP contribution in [-0.4, -0.2) is 25.4 Å². The van der Waals surface area contributed by atoms with Gasteiger partial charge in [-0.1, -0.05) is 29.8 Å². The molecule has 0 aromatic heterocycles. The Balaban J connectivity index is 1.77. The number of amides is 1. The smallest absolute Gasteiger partial charge is 0.253 e. The Labute approximate surface area is 145 Å². The molecule has 0 saturated carbocycles. The molecule has 3 rings (SSSR count). The summed E-state index contributed by atoms with van der Waals surface area (Å²) in [7, 11) is 1.58. The van der Waals surface area contributed by atoms with Crippen molar-refractivity contribution in [3.05, 3.63) is 65.2 Å². The largest absolute Gasteiger partial charge is 0.497 e. The van der Waals surface area contributed by atoms with Crippen LogP contribution in [0.15, 0.2) is 59.6 Å². The molecule has 1 aliphatic heterocycles. The highest BCUT2D eigenvalue weighted by Gasteiger charge is 2.19. The number of methoxy groups -OCH3 is 1. The SMILES string of the molecule is COc1cccc(NC(=O)C2C=C(c3cccc(Cl)c3)NC=N2)c1. The van der Waals surface area contributed by atoms with Crippen LogP contribution in [0, 0.1) is 0 Å². The van der Waals surface area contributed by atoms with Crippen LogP contribution in [0.25, 0.3) is 5.70 Å². The lowest BCUT2D eigenvalue weighted by Gasteiger charge is -2.17. The van der Waals surface area contributed by atoms with Crippen molar-refractivity contribution in [1.29, 1.82) is 0 Å². The molecule has 0 radical (unpaired) electrons. The molecular formula is C18H16ClN3O2. The van der Waals surface area contributed by atoms with Crippen molar-refractivity contribution in [2.24, 2.45) is 4.99 Å². The molecule has 1 atom stereocenters. The van der Waals surface area contributed by atoms with E-state index in [-0.39, 0.29) is 5.91 Å². The summed E-state index contributed by atoms with van der Waals surface area (Å²) in [5, 5.41) is 6.51. The van der Waals surface area contributed by atoms with E-state index in [0.717, 1.165) is 11.3 Å². The van der Waals surface area contributed by atoms with Gasteiger partial charge >= 0.3 is 0 Å². The number of carbonyl (C=O) groups excluding carboxylic acids is 1. The van der Waals surface area contributed by atoms with E-state index in [9.17, 15) is 4.79 Å². The standard InChI is InChI=1S/C18H16ClN3O2/c1-24-15-7-3-6-14(9-15)22-18(23)17-10-16(20-11-21-17)12-4-2-5-13(19)8-12/h2-11,17H,1H3,(H,20,21)(H,22,23). The molecule has 2 aromatic carbocycles. The van der Waals surface area contributed by atoms with E-state index in [4.69, 9.17) is 16.3 Å². The molecule has 0 saturated heterocycles. The highest BCUT2D eigenvalue weighted by Crippen LogP contribution is 2.21. The van der Waals surface area contributed by atoms with Crippen LogP contribution in [0.2, 0.25) is 5.02 Å². The van der Waals surface area contributed by atoms with Gasteiger partial charge < -0.3 is 15.4 Å². The van der Waals surface area contributed by atoms with Crippen LogP contribution in [0.1, 0.15) is 5.56 Å². The highest BCUT2D eigenvalue weighted by molar-refractivity contribution is 6.30. The fraction of sp³-hybridized carbons (Fsp3) is 0.111. The number of rotatable bonds is 4. The van der Waals surface area contributed by atoms with Crippen molar-refractivity contribution in [3.63, 3.8) is 0 Å². The molecular weight excluding hydrogens is 326 g/mol. The van der Waals surface area contributed by atoms with Crippen LogP contribution in [0.5, 0.6) is 5.75 Å². The molecule has 2 aromatic rings. The van der Waals surface area contributed by atoms with Crippen LogP contribution in [-0.2, 0) is 4.79 Å². The summed E-state index contributed by atoms with van der Waals surface area (Å²) in [6.45, 7) is 0. The van der Waals surface area contributed by atoms with Gasteiger partial charge in [0.1, 0.15) is 5.75 Å². The number of nitrogens with one attached hydrogen (secondary N) is 2. The van der Waals surface area contributed by atoms with E-state index in [1.165, 1.54) is 6.34 Å². The average molecular weight is 342 g/mol. The predicted octanol–water partition coefficient (Wildman–Crippen LogP) is 3.33. The number of hydrogen-bond acceptors (Lipinski definition) is 4. The summed E-state index contributed by atoms with van der Waals surface area (Å²) in [6.07, 6.45) is 3.28. The van der Waals surface area contributed by atoms with Gasteiger partial charge in [-0.05, 0) is 35.9 Å². The van der Waals surface area contributed by atoms with Crippen molar-refractivity contribution in [1.82, 2.24) is 5.32 Å². The van der Waals surface area contributed by atoms with E-state index >= 15 is 0 Å². The normalized spacial score (nSPS) is 16.1. The van der Waals surface area contributed by atoms with Crippen molar-refractivity contribution in [2.45, 2.75) is 6.04 Å². The lowest BCUT2D eigenvalue weighted by atomic mass is 10.1. The predicted molar refractivity (Wildman–Crippen MR) is 96.5 cm³/mol. The second-order valence-electron chi connectivity index (χ2n) is 5.18. The molecule has 24 heavy (non-hydrogen) atoms. The zero-order valence-corrected chi connectivity index (χ0v) is 13.7. The Bertz CT molecular complexity index is 817. The van der Waals surface area contributed by atoms with Gasteiger partial charge in [0.05, 0.1) is 13.4 Å². The van der Waals surface area contributed by atoms with E-state index in [1.807, 2.05) is 30.3 Å². The quantitative estimate of drug-likeness (QED) is 0.896. The first-order valence-electron chi connectivity index (χ1n) is 7.36. The topological polar surface area (TPSA) is 62.7 Å². The van der Waals surface area contributed by atoms with Crippen molar-refractivity contribution >= 4 is 35.2 Å². The van der Waals surface area contributed by atoms with Crippen molar-refractivity contribution in [2.75, 3.05) is 12.4 Å². The maximum Gasteiger partial charge on any atom is 0.253 e. The summed E-state index contributed by atoms with van der Waals surface area (Å²) in [6, 6.07) is 14.0. The molecule has 1 heterocycles. The number of ether oxygens (including phenoxy) is 1. The molecule has 5 nitrogen and oxygen atoms in total. The Morgan fingerprint density at radius 3 is 2.88 bits per heavy atom. The first-order chi connectivity index (χ1) is 11.7. The molecule has 1 amide bonds. The summed E-state index contributed by atoms with van der Waals surface area (Å²) in [4.78, 5) is 16.6. The highest BCUT2D eigenvalue weighted by atomic mass is 35.5. The summed E-state index contributed by atoms with van der Waals surface area (Å²) in [5.74, 6) is 0.456. The second kappa shape index (κ2) is 7.19. The van der Waals surface area contributed by atoms with Crippen LogP contribution >= 0.6 is 11.6 Å². The monoisotopic (exact) mass is 341 g/mol. The summed E-state index contributed by atoms with van der Waals surface area (Å²) in [5.41, 5.74) is 2.34. The maximum atomic E-state index is 12.4. The van der Waals surface area contributed by atoms with Gasteiger partial charge in [0.2, 0.25) is 0 Å². The summed E-state index contributed by atoms with van der Waals surface area (Å²) < 4.78 is 5.15. The molecule has 0 aliphatic carbocycles. The molecule has 1 aliphatic rings. The zero-order valence-electron chi connectivity index (χ0n) is 13.0. The number of nitrogens with zero attached hydrogens (tertiary/aromatic N) is 1. The Morgan fingerprint density at radius 2 is 2.08 bits per heavy atom. The van der Waals surface area contributed by atoms with E-state index in [1.54, 1.807) is 31.4 Å². The van der Waals surface area contributed by atoms with Crippen molar-refractivity contribution in [3.8, 4) is 5.75 Å². The number of aliphatic imine (C=N–C) groups is 1. The number of anilines is 1. The van der Waals surface area contributed by atoms with Crippen molar-refractivity contribution < 1.29 is 9.53 Å². The van der Waals surface area contributed by atoms with Gasteiger partial charge in [-0.25, -0.2) is 0 Å². The van der Waals surface area contributed by atoms with E-state index in [0.29, 0.717) is 16.5 Å². The molecule has 122 valence electrons. The van der Waals surface area contributed by atoms with Gasteiger partial charge in [-0.3, -0.25) is 9.79 Å². The van der Waals surface area contributed by atoms with Gasteiger partial charge in [0, 0.05) is 22.5 Å². The number of hydrogen-bond donors (Lipinski definition) is 2. The van der Waals surface area contributed by atoms with Gasteiger partial charge in [-0.15, -0.1) is 0 Å². The first kappa shape index (κ1) is 16.1. The van der Waals surface area contributed by atoms with Crippen LogP contribution < -0.4 is 15.4 Å². The van der Waals surface area contributed by atoms with Gasteiger partial charge in [0.15, 0.2) is 6.04 Å². The number of halogens is 1. The minimum absolute atomic E-state index is 0.222. The average Bonchev–Trinajstić information content (AvgIpc) is 2.62. The molecule has 2 N–H and O–H groups in total. The number of benzene rings is 2. The molecule has 0 bridgehead atoms. The minimum Gasteiger partial charge on any atom is -0.497 e. The lowest BCUT2D eigenvalue weighted by Crippen LogP contribution is -2.30. The molecule has 6 heteroatoms. The second-order valence-corrected chi connectivity index (χ2v) is 5.62.